The van der Waals surface area contributed by atoms with Gasteiger partial charge < -0.3 is 0 Å². The summed E-state index contributed by atoms with van der Waals surface area (Å²) in [7, 11) is 0. The van der Waals surface area contributed by atoms with E-state index in [4.69, 9.17) is 34.1 Å². The van der Waals surface area contributed by atoms with Gasteiger partial charge in [-0.2, -0.15) is 0 Å². The normalized spacial score (nSPS) is 18.2. The molecule has 0 saturated heterocycles. The van der Waals surface area contributed by atoms with Gasteiger partial charge in [0.2, 0.25) is 0 Å². The van der Waals surface area contributed by atoms with Crippen molar-refractivity contribution in [3.05, 3.63) is 12.2 Å². The molecule has 4 heteroatoms. The van der Waals surface area contributed by atoms with Gasteiger partial charge in [-0.3, -0.25) is 0 Å². The fraction of sp³-hybridized carbons (Fsp3) is 0.667. The van der Waals surface area contributed by atoms with Crippen LogP contribution in [0.25, 0.3) is 0 Å². The monoisotopic (exact) mass is 218 g/mol. The van der Waals surface area contributed by atoms with Crippen LogP contribution < -0.4 is 0 Å². The standard InChI is InChI=1S/C6H10Cl3P/c1-5(7)3-4-6(2)10(8)9/h3-6H,1-2H3/b4-3+. The summed E-state index contributed by atoms with van der Waals surface area (Å²) in [4.78, 5) is 0. The largest absolute Gasteiger partial charge is 0.119 e. The second kappa shape index (κ2) is 5.66. The Morgan fingerprint density at radius 3 is 2.00 bits per heavy atom. The van der Waals surface area contributed by atoms with Crippen molar-refractivity contribution in [1.29, 1.82) is 0 Å². The van der Waals surface area contributed by atoms with Crippen molar-refractivity contribution in [2.45, 2.75) is 24.9 Å². The van der Waals surface area contributed by atoms with Crippen LogP contribution in [0.15, 0.2) is 12.2 Å². The van der Waals surface area contributed by atoms with Crippen LogP contribution in [-0.2, 0) is 0 Å². The van der Waals surface area contributed by atoms with Crippen molar-refractivity contribution < 1.29 is 0 Å². The van der Waals surface area contributed by atoms with Gasteiger partial charge in [0.15, 0.2) is 0 Å². The molecule has 0 aliphatic heterocycles. The van der Waals surface area contributed by atoms with Gasteiger partial charge in [-0.15, -0.1) is 11.6 Å². The van der Waals surface area contributed by atoms with Crippen molar-refractivity contribution in [3.63, 3.8) is 0 Å². The lowest BCUT2D eigenvalue weighted by Gasteiger charge is -2.04. The smallest absolute Gasteiger partial charge is 0.0921 e. The molecule has 0 heterocycles. The molecule has 0 N–H and O–H groups in total. The molecule has 0 bridgehead atoms. The number of rotatable bonds is 3. The molecule has 2 unspecified atom stereocenters. The minimum atomic E-state index is -0.893. The summed E-state index contributed by atoms with van der Waals surface area (Å²) in [5, 5.41) is 0.0609. The lowest BCUT2D eigenvalue weighted by molar-refractivity contribution is 1.17. The Labute approximate surface area is 77.9 Å². The summed E-state index contributed by atoms with van der Waals surface area (Å²) in [5.41, 5.74) is 0.236. The molecule has 0 aliphatic rings. The Morgan fingerprint density at radius 2 is 1.70 bits per heavy atom. The molecule has 60 valence electrons. The van der Waals surface area contributed by atoms with Gasteiger partial charge in [-0.1, -0.05) is 41.6 Å². The quantitative estimate of drug-likeness (QED) is 0.376. The number of hydrogen-bond acceptors (Lipinski definition) is 0. The van der Waals surface area contributed by atoms with E-state index in [9.17, 15) is 0 Å². The molecule has 0 aromatic carbocycles. The zero-order valence-electron chi connectivity index (χ0n) is 5.89. The number of hydrogen-bond donors (Lipinski definition) is 0. The van der Waals surface area contributed by atoms with Crippen LogP contribution >= 0.6 is 40.7 Å². The van der Waals surface area contributed by atoms with E-state index in [2.05, 4.69) is 0 Å². The fourth-order valence-electron chi connectivity index (χ4n) is 0.379. The minimum Gasteiger partial charge on any atom is -0.119 e. The zero-order chi connectivity index (χ0) is 8.15. The summed E-state index contributed by atoms with van der Waals surface area (Å²) in [6.45, 7) is 2.98. The summed E-state index contributed by atoms with van der Waals surface area (Å²) >= 11 is 17.0. The first-order valence-electron chi connectivity index (χ1n) is 2.97. The molecular formula is C6H10Cl3P. The fourth-order valence-corrected chi connectivity index (χ4v) is 1.08. The van der Waals surface area contributed by atoms with E-state index in [1.165, 1.54) is 0 Å². The molecule has 2 atom stereocenters. The molecule has 0 amide bonds. The second-order valence-corrected chi connectivity index (χ2v) is 6.79. The van der Waals surface area contributed by atoms with E-state index >= 15 is 0 Å². The van der Waals surface area contributed by atoms with E-state index in [1.807, 2.05) is 26.0 Å². The Morgan fingerprint density at radius 1 is 1.20 bits per heavy atom. The van der Waals surface area contributed by atoms with Crippen molar-refractivity contribution in [1.82, 2.24) is 0 Å². The van der Waals surface area contributed by atoms with Crippen molar-refractivity contribution in [3.8, 4) is 0 Å². The van der Waals surface area contributed by atoms with Gasteiger partial charge in [0.05, 0.1) is 6.63 Å². The third-order valence-electron chi connectivity index (χ3n) is 0.963. The van der Waals surface area contributed by atoms with Crippen LogP contribution in [0.1, 0.15) is 13.8 Å². The molecule has 0 rings (SSSR count). The molecule has 10 heavy (non-hydrogen) atoms. The third kappa shape index (κ3) is 5.80. The van der Waals surface area contributed by atoms with Crippen LogP contribution in [0.4, 0.5) is 0 Å². The van der Waals surface area contributed by atoms with Gasteiger partial charge in [0.25, 0.3) is 0 Å². The Kier molecular flexibility index (Phi) is 6.25. The van der Waals surface area contributed by atoms with E-state index < -0.39 is 6.63 Å². The first-order valence-corrected chi connectivity index (χ1v) is 6.63. The number of halogens is 3. The summed E-state index contributed by atoms with van der Waals surface area (Å²) in [5.74, 6) is 0. The van der Waals surface area contributed by atoms with Gasteiger partial charge in [-0.05, 0) is 6.92 Å². The van der Waals surface area contributed by atoms with E-state index in [0.29, 0.717) is 0 Å². The van der Waals surface area contributed by atoms with Crippen LogP contribution in [0, 0.1) is 0 Å². The lowest BCUT2D eigenvalue weighted by Crippen LogP contribution is -1.89. The zero-order valence-corrected chi connectivity index (χ0v) is 9.05. The van der Waals surface area contributed by atoms with Crippen LogP contribution in [0.3, 0.4) is 0 Å². The van der Waals surface area contributed by atoms with E-state index in [0.717, 1.165) is 0 Å². The Balaban J connectivity index is 3.66. The molecular weight excluding hydrogens is 209 g/mol. The summed E-state index contributed by atoms with van der Waals surface area (Å²) in [6.07, 6.45) is 3.84. The highest BCUT2D eigenvalue weighted by molar-refractivity contribution is 8.04. The maximum atomic E-state index is 5.66. The molecule has 0 aliphatic carbocycles. The molecule has 0 nitrogen and oxygen atoms in total. The Bertz CT molecular complexity index is 112. The van der Waals surface area contributed by atoms with Crippen LogP contribution in [-0.4, -0.2) is 11.0 Å². The highest BCUT2D eigenvalue weighted by Crippen LogP contribution is 2.51. The average molecular weight is 219 g/mol. The first kappa shape index (κ1) is 11.0. The minimum absolute atomic E-state index is 0.0609. The summed E-state index contributed by atoms with van der Waals surface area (Å²) < 4.78 is 0. The maximum Gasteiger partial charge on any atom is 0.0921 e. The first-order chi connectivity index (χ1) is 4.54. The summed E-state index contributed by atoms with van der Waals surface area (Å²) in [6, 6.07) is 0. The topological polar surface area (TPSA) is 0 Å². The predicted octanol–water partition coefficient (Wildman–Crippen LogP) is 4.35. The molecule has 0 spiro atoms. The molecule has 0 aromatic heterocycles. The van der Waals surface area contributed by atoms with E-state index in [-0.39, 0.29) is 11.0 Å². The van der Waals surface area contributed by atoms with Crippen molar-refractivity contribution >= 4 is 40.7 Å². The SMILES string of the molecule is CC(Cl)/C=C/C(C)P(Cl)Cl. The van der Waals surface area contributed by atoms with Gasteiger partial charge in [0, 0.05) is 11.0 Å². The Hall–Kier alpha value is 1.04. The second-order valence-electron chi connectivity index (χ2n) is 2.06. The van der Waals surface area contributed by atoms with Crippen LogP contribution in [0.2, 0.25) is 0 Å². The van der Waals surface area contributed by atoms with Gasteiger partial charge in [0.1, 0.15) is 0 Å². The predicted molar refractivity (Wildman–Crippen MR) is 52.5 cm³/mol. The van der Waals surface area contributed by atoms with Crippen molar-refractivity contribution in [2.75, 3.05) is 0 Å². The molecule has 0 aromatic rings. The van der Waals surface area contributed by atoms with E-state index in [1.54, 1.807) is 0 Å². The lowest BCUT2D eigenvalue weighted by atomic mass is 10.3. The van der Waals surface area contributed by atoms with Crippen LogP contribution in [0.5, 0.6) is 0 Å². The highest BCUT2D eigenvalue weighted by Gasteiger charge is 2.06. The van der Waals surface area contributed by atoms with Crippen molar-refractivity contribution in [2.24, 2.45) is 0 Å². The molecule has 0 radical (unpaired) electrons. The number of alkyl halides is 1. The molecule has 0 fully saturated rings. The van der Waals surface area contributed by atoms with Gasteiger partial charge in [-0.25, -0.2) is 0 Å². The average Bonchev–Trinajstić information content (AvgIpc) is 1.82. The third-order valence-corrected chi connectivity index (χ3v) is 3.74. The molecule has 0 saturated carbocycles. The number of allylic oxidation sites excluding steroid dienone is 2. The highest BCUT2D eigenvalue weighted by atomic mass is 35.9. The van der Waals surface area contributed by atoms with Gasteiger partial charge >= 0.3 is 0 Å². The maximum absolute atomic E-state index is 5.66.